The van der Waals surface area contributed by atoms with Crippen molar-refractivity contribution in [2.75, 3.05) is 31.1 Å². The number of aryl methyl sites for hydroxylation is 1. The third-order valence-electron chi connectivity index (χ3n) is 5.70. The lowest BCUT2D eigenvalue weighted by Gasteiger charge is -2.35. The first-order chi connectivity index (χ1) is 19.7. The van der Waals surface area contributed by atoms with Crippen LogP contribution in [-0.4, -0.2) is 94.7 Å². The van der Waals surface area contributed by atoms with Crippen molar-refractivity contribution in [2.24, 2.45) is 7.05 Å². The highest BCUT2D eigenvalue weighted by atomic mass is 19.4. The van der Waals surface area contributed by atoms with E-state index >= 15 is 0 Å². The number of nitrogens with zero attached hydrogens (tertiary/aromatic N) is 8. The van der Waals surface area contributed by atoms with E-state index in [0.29, 0.717) is 0 Å². The summed E-state index contributed by atoms with van der Waals surface area (Å²) in [6, 6.07) is 4.13. The predicted octanol–water partition coefficient (Wildman–Crippen LogP) is 3.11. The zero-order valence-electron chi connectivity index (χ0n) is 21.8. The van der Waals surface area contributed by atoms with Crippen LogP contribution in [0.15, 0.2) is 55.5 Å². The molecular formula is C24H24F6N8O4. The summed E-state index contributed by atoms with van der Waals surface area (Å²) in [4.78, 5) is 36.1. The number of anilines is 1. The molecule has 0 atom stereocenters. The molecule has 18 heteroatoms. The van der Waals surface area contributed by atoms with E-state index in [4.69, 9.17) is 19.8 Å². The molecule has 4 aromatic rings. The Hall–Kier alpha value is -4.74. The molecule has 0 bridgehead atoms. The van der Waals surface area contributed by atoms with Crippen LogP contribution in [0, 0.1) is 0 Å². The van der Waals surface area contributed by atoms with Gasteiger partial charge in [-0.1, -0.05) is 6.07 Å². The van der Waals surface area contributed by atoms with Crippen LogP contribution in [-0.2, 0) is 23.2 Å². The van der Waals surface area contributed by atoms with E-state index < -0.39 is 24.3 Å². The van der Waals surface area contributed by atoms with E-state index in [-0.39, 0.29) is 0 Å². The first-order valence-electron chi connectivity index (χ1n) is 11.9. The Morgan fingerprint density at radius 1 is 0.905 bits per heavy atom. The molecule has 4 aromatic heterocycles. The van der Waals surface area contributed by atoms with Gasteiger partial charge in [-0.25, -0.2) is 19.6 Å². The molecule has 0 amide bonds. The molecule has 0 aliphatic carbocycles. The summed E-state index contributed by atoms with van der Waals surface area (Å²) < 4.78 is 67.4. The molecule has 12 nitrogen and oxygen atoms in total. The standard InChI is InChI=1S/C20H22N8.2C2HF3O2/c1-25-15-17(12-24-25)18-13-23-20-19(22-5-6-28(18)20)27-9-7-26(8-10-27)14-16-3-2-4-21-11-16;2*3-2(4,5)1(6)7/h2-6,11-13,15H,7-10,14H2,1H3;2*(H,6,7). The number of pyridine rings is 1. The number of hydrogen-bond donors (Lipinski definition) is 2. The van der Waals surface area contributed by atoms with Gasteiger partial charge >= 0.3 is 24.3 Å². The van der Waals surface area contributed by atoms with Gasteiger partial charge in [-0.2, -0.15) is 31.4 Å². The molecule has 0 radical (unpaired) electrons. The van der Waals surface area contributed by atoms with Crippen LogP contribution >= 0.6 is 0 Å². The number of carboxylic acids is 2. The fourth-order valence-corrected chi connectivity index (χ4v) is 3.76. The first kappa shape index (κ1) is 31.8. The summed E-state index contributed by atoms with van der Waals surface area (Å²) in [6.45, 7) is 4.79. The highest BCUT2D eigenvalue weighted by molar-refractivity contribution is 5.73. The van der Waals surface area contributed by atoms with Crippen molar-refractivity contribution in [3.05, 3.63) is 61.1 Å². The van der Waals surface area contributed by atoms with Crippen LogP contribution in [0.25, 0.3) is 16.9 Å². The summed E-state index contributed by atoms with van der Waals surface area (Å²) in [5.41, 5.74) is 4.23. The van der Waals surface area contributed by atoms with Gasteiger partial charge in [0.15, 0.2) is 11.5 Å². The monoisotopic (exact) mass is 602 g/mol. The molecule has 42 heavy (non-hydrogen) atoms. The van der Waals surface area contributed by atoms with Gasteiger partial charge < -0.3 is 15.1 Å². The second-order valence-corrected chi connectivity index (χ2v) is 8.72. The zero-order chi connectivity index (χ0) is 31.1. The van der Waals surface area contributed by atoms with Crippen LogP contribution in [0.2, 0.25) is 0 Å². The van der Waals surface area contributed by atoms with E-state index in [0.717, 1.165) is 55.4 Å². The number of aromatic nitrogens is 6. The summed E-state index contributed by atoms with van der Waals surface area (Å²) in [5.74, 6) is -4.57. The molecule has 5 rings (SSSR count). The number of alkyl halides is 6. The SMILES string of the molecule is Cn1cc(-c2cnc3c(N4CCN(Cc5cccnc5)CC4)nccn23)cn1.O=C(O)C(F)(F)F.O=C(O)C(F)(F)F. The Bertz CT molecular complexity index is 1460. The van der Waals surface area contributed by atoms with Crippen molar-refractivity contribution in [3.8, 4) is 11.3 Å². The summed E-state index contributed by atoms with van der Waals surface area (Å²) in [5, 5.41) is 18.5. The van der Waals surface area contributed by atoms with Crippen LogP contribution in [0.5, 0.6) is 0 Å². The maximum absolute atomic E-state index is 10.6. The molecule has 5 heterocycles. The van der Waals surface area contributed by atoms with E-state index in [9.17, 15) is 26.3 Å². The Morgan fingerprint density at radius 3 is 2.02 bits per heavy atom. The average Bonchev–Trinajstić information content (AvgIpc) is 3.55. The second kappa shape index (κ2) is 13.3. The molecule has 2 N–H and O–H groups in total. The first-order valence-corrected chi connectivity index (χ1v) is 11.9. The van der Waals surface area contributed by atoms with E-state index in [1.54, 1.807) is 4.68 Å². The van der Waals surface area contributed by atoms with Gasteiger partial charge in [0, 0.05) is 76.3 Å². The Morgan fingerprint density at radius 2 is 1.52 bits per heavy atom. The minimum atomic E-state index is -5.08. The molecule has 0 unspecified atom stereocenters. The maximum atomic E-state index is 10.6. The number of fused-ring (bicyclic) bond motifs is 1. The summed E-state index contributed by atoms with van der Waals surface area (Å²) in [7, 11) is 1.92. The smallest absolute Gasteiger partial charge is 0.475 e. The van der Waals surface area contributed by atoms with Crippen molar-refractivity contribution in [1.82, 2.24) is 34.0 Å². The summed E-state index contributed by atoms with van der Waals surface area (Å²) >= 11 is 0. The lowest BCUT2D eigenvalue weighted by molar-refractivity contribution is -0.193. The topological polar surface area (TPSA) is 142 Å². The van der Waals surface area contributed by atoms with Crippen molar-refractivity contribution < 1.29 is 46.1 Å². The van der Waals surface area contributed by atoms with Gasteiger partial charge in [0.05, 0.1) is 18.1 Å². The van der Waals surface area contributed by atoms with Gasteiger partial charge in [-0.05, 0) is 11.6 Å². The Kier molecular flexibility index (Phi) is 10.1. The normalized spacial score (nSPS) is 14.0. The average molecular weight is 602 g/mol. The number of piperazine rings is 1. The molecule has 1 aliphatic rings. The third-order valence-corrected chi connectivity index (χ3v) is 5.70. The highest BCUT2D eigenvalue weighted by Gasteiger charge is 2.38. The zero-order valence-corrected chi connectivity index (χ0v) is 21.8. The summed E-state index contributed by atoms with van der Waals surface area (Å²) in [6.07, 6.45) is 3.17. The number of carboxylic acid groups (broad SMARTS) is 2. The van der Waals surface area contributed by atoms with Crippen molar-refractivity contribution >= 4 is 23.4 Å². The Labute approximate surface area is 233 Å². The lowest BCUT2D eigenvalue weighted by atomic mass is 10.2. The van der Waals surface area contributed by atoms with Crippen molar-refractivity contribution in [2.45, 2.75) is 18.9 Å². The number of rotatable bonds is 4. The number of hydrogen-bond acceptors (Lipinski definition) is 8. The quantitative estimate of drug-likeness (QED) is 0.335. The van der Waals surface area contributed by atoms with E-state index in [1.165, 1.54) is 5.56 Å². The molecule has 0 aromatic carbocycles. The van der Waals surface area contributed by atoms with Crippen LogP contribution in [0.4, 0.5) is 32.2 Å². The predicted molar refractivity (Wildman–Crippen MR) is 134 cm³/mol. The van der Waals surface area contributed by atoms with Gasteiger partial charge in [0.1, 0.15) is 0 Å². The van der Waals surface area contributed by atoms with E-state index in [1.807, 2.05) is 56.5 Å². The highest BCUT2D eigenvalue weighted by Crippen LogP contribution is 2.25. The lowest BCUT2D eigenvalue weighted by Crippen LogP contribution is -2.46. The third kappa shape index (κ3) is 8.63. The van der Waals surface area contributed by atoms with E-state index in [2.05, 4.69) is 40.3 Å². The van der Waals surface area contributed by atoms with Gasteiger partial charge in [0.25, 0.3) is 0 Å². The fourth-order valence-electron chi connectivity index (χ4n) is 3.76. The number of carbonyl (C=O) groups is 2. The van der Waals surface area contributed by atoms with Gasteiger partial charge in [0.2, 0.25) is 0 Å². The second-order valence-electron chi connectivity index (χ2n) is 8.72. The van der Waals surface area contributed by atoms with Crippen molar-refractivity contribution in [3.63, 3.8) is 0 Å². The Balaban J connectivity index is 0.000000289. The molecule has 0 saturated carbocycles. The molecule has 0 spiro atoms. The number of imidazole rings is 1. The van der Waals surface area contributed by atoms with Gasteiger partial charge in [-0.3, -0.25) is 19.0 Å². The fraction of sp³-hybridized carbons (Fsp3) is 0.333. The molecule has 1 saturated heterocycles. The number of halogens is 6. The number of aliphatic carboxylic acids is 2. The molecule has 226 valence electrons. The maximum Gasteiger partial charge on any atom is 0.490 e. The largest absolute Gasteiger partial charge is 0.490 e. The van der Waals surface area contributed by atoms with Crippen LogP contribution in [0.1, 0.15) is 5.56 Å². The minimum Gasteiger partial charge on any atom is -0.475 e. The van der Waals surface area contributed by atoms with Gasteiger partial charge in [-0.15, -0.1) is 0 Å². The van der Waals surface area contributed by atoms with Crippen LogP contribution < -0.4 is 4.90 Å². The minimum absolute atomic E-state index is 0.891. The van der Waals surface area contributed by atoms with Crippen molar-refractivity contribution in [1.29, 1.82) is 0 Å². The van der Waals surface area contributed by atoms with Crippen LogP contribution in [0.3, 0.4) is 0 Å². The molecular weight excluding hydrogens is 578 g/mol. The molecule has 1 fully saturated rings. The molecule has 1 aliphatic heterocycles.